The Balaban J connectivity index is 0.727. The Hall–Kier alpha value is -5.58. The minimum atomic E-state index is -0.532. The topological polar surface area (TPSA) is 164 Å². The van der Waals surface area contributed by atoms with Crippen molar-refractivity contribution in [1.82, 2.24) is 24.7 Å². The molecule has 1 spiro atoms. The van der Waals surface area contributed by atoms with Crippen molar-refractivity contribution < 1.29 is 38.5 Å². The number of ether oxygens (including phenoxy) is 2. The van der Waals surface area contributed by atoms with Crippen LogP contribution in [0.5, 0.6) is 11.5 Å². The average Bonchev–Trinajstić information content (AvgIpc) is 3.91. The zero-order valence-electron chi connectivity index (χ0n) is 41.4. The van der Waals surface area contributed by atoms with E-state index in [2.05, 4.69) is 42.3 Å². The van der Waals surface area contributed by atoms with Crippen molar-refractivity contribution in [2.24, 2.45) is 5.41 Å². The first-order chi connectivity index (χ1) is 33.9. The molecule has 13 nitrogen and oxygen atoms in total. The van der Waals surface area contributed by atoms with Crippen molar-refractivity contribution in [3.05, 3.63) is 120 Å². The number of carbonyl (C=O) groups excluding carboxylic acids is 3. The van der Waals surface area contributed by atoms with E-state index in [1.54, 1.807) is 33.3 Å². The lowest BCUT2D eigenvalue weighted by molar-refractivity contribution is -0.129. The molecule has 3 aliphatic heterocycles. The number of carbonyl (C=O) groups is 3. The highest BCUT2D eigenvalue weighted by molar-refractivity contribution is 8.77. The molecular formula is C55H62FN5O8S2. The van der Waals surface area contributed by atoms with Crippen LogP contribution in [-0.4, -0.2) is 77.7 Å². The molecule has 2 aliphatic carbocycles. The number of phenolic OH excluding ortho intramolecular Hbond substituents is 2. The van der Waals surface area contributed by atoms with E-state index in [-0.39, 0.29) is 70.7 Å². The summed E-state index contributed by atoms with van der Waals surface area (Å²) in [4.78, 5) is 61.8. The number of pyridine rings is 2. The van der Waals surface area contributed by atoms with Crippen molar-refractivity contribution in [2.75, 3.05) is 19.7 Å². The van der Waals surface area contributed by atoms with Crippen LogP contribution < -0.4 is 10.9 Å². The van der Waals surface area contributed by atoms with Gasteiger partial charge in [-0.1, -0.05) is 67.5 Å². The molecule has 2 atom stereocenters. The molecule has 5 aromatic rings. The van der Waals surface area contributed by atoms with E-state index in [9.17, 15) is 29.4 Å². The molecule has 2 amide bonds. The molecule has 374 valence electrons. The lowest BCUT2D eigenvalue weighted by Gasteiger charge is -2.59. The Labute approximate surface area is 421 Å². The second-order valence-electron chi connectivity index (χ2n) is 21.6. The Morgan fingerprint density at radius 2 is 1.77 bits per heavy atom. The number of nitrogens with zero attached hydrogens (tertiary/aromatic N) is 4. The molecule has 2 unspecified atom stereocenters. The Morgan fingerprint density at radius 1 is 1.01 bits per heavy atom. The minimum absolute atomic E-state index is 0.00678. The van der Waals surface area contributed by atoms with Gasteiger partial charge in [-0.3, -0.25) is 19.3 Å². The number of benzene rings is 3. The number of aromatic nitrogens is 2. The summed E-state index contributed by atoms with van der Waals surface area (Å²) in [5, 5.41) is 25.3. The number of alkyl carbamates (subject to hydrolysis) is 1. The SMILES string of the molecule is CCC(C)c1cc2n(c(=O)c1COC=O)Cc1c-2nc2cc(F)c(C)c3c2c1C(NC(=O)OCC(C)(C)SSC1CC2(C1)CN(Cc1ccc4c(c1)CN(C(=O)c1cc(C(C)C)c(O)cc1O)C4)C2)CC3. The second-order valence-corrected chi connectivity index (χ2v) is 24.8. The van der Waals surface area contributed by atoms with Gasteiger partial charge in [-0.2, -0.15) is 0 Å². The van der Waals surface area contributed by atoms with E-state index in [1.165, 1.54) is 17.7 Å². The van der Waals surface area contributed by atoms with Crippen molar-refractivity contribution in [3.8, 4) is 22.9 Å². The quantitative estimate of drug-likeness (QED) is 0.0660. The Bertz CT molecular complexity index is 3070. The Kier molecular flexibility index (Phi) is 13.0. The number of likely N-dealkylation sites (tertiary alicyclic amines) is 1. The standard InChI is InChI=1S/C55H62FN5O8S2/c1-8-30(4)38-15-45-50-40(23-61(45)52(66)41(38)24-68-28-62)49-43(12-11-36-31(5)42(56)16-44(57-50)48(36)49)58-53(67)69-27-54(6,7)71-70-35-18-55(19-35)25-59(26-55)20-32-9-10-33-21-60(22-34(33)13-32)51(65)39-14-37(29(2)3)46(63)17-47(39)64/h9-10,13-17,28-30,35,43,63-64H,8,11-12,18-27H2,1-7H3,(H,58,67). The van der Waals surface area contributed by atoms with E-state index in [0.717, 1.165) is 77.7 Å². The van der Waals surface area contributed by atoms with Gasteiger partial charge in [0.05, 0.1) is 45.4 Å². The molecule has 3 N–H and O–H groups in total. The number of hydrogen-bond acceptors (Lipinski definition) is 12. The van der Waals surface area contributed by atoms with Gasteiger partial charge < -0.3 is 34.5 Å². The molecule has 71 heavy (non-hydrogen) atoms. The van der Waals surface area contributed by atoms with Crippen LogP contribution in [0.3, 0.4) is 0 Å². The highest BCUT2D eigenvalue weighted by atomic mass is 33.1. The lowest BCUT2D eigenvalue weighted by atomic mass is 9.63. The third-order valence-corrected chi connectivity index (χ3v) is 19.3. The van der Waals surface area contributed by atoms with E-state index in [0.29, 0.717) is 76.7 Å². The van der Waals surface area contributed by atoms with Crippen LogP contribution in [-0.2, 0) is 53.5 Å². The molecule has 3 aromatic carbocycles. The normalized spacial score (nSPS) is 18.2. The molecule has 0 radical (unpaired) electrons. The summed E-state index contributed by atoms with van der Waals surface area (Å²) in [6, 6.07) is 12.3. The van der Waals surface area contributed by atoms with Gasteiger partial charge in [0.15, 0.2) is 0 Å². The van der Waals surface area contributed by atoms with Gasteiger partial charge in [0.25, 0.3) is 17.9 Å². The monoisotopic (exact) mass is 1000 g/mol. The van der Waals surface area contributed by atoms with Crippen LogP contribution in [0.15, 0.2) is 47.3 Å². The fourth-order valence-electron chi connectivity index (χ4n) is 11.7. The molecule has 2 aromatic heterocycles. The van der Waals surface area contributed by atoms with Gasteiger partial charge in [-0.15, -0.1) is 0 Å². The fraction of sp³-hybridized carbons (Fsp3) is 0.473. The zero-order chi connectivity index (χ0) is 50.3. The molecule has 5 heterocycles. The molecule has 5 aliphatic rings. The van der Waals surface area contributed by atoms with Crippen molar-refractivity contribution in [1.29, 1.82) is 0 Å². The summed E-state index contributed by atoms with van der Waals surface area (Å²) in [6.07, 6.45) is 3.59. The first kappa shape index (κ1) is 49.0. The zero-order valence-corrected chi connectivity index (χ0v) is 43.1. The number of phenols is 2. The number of amides is 2. The summed E-state index contributed by atoms with van der Waals surface area (Å²) in [7, 11) is 3.63. The summed E-state index contributed by atoms with van der Waals surface area (Å²) < 4.78 is 27.8. The first-order valence-corrected chi connectivity index (χ1v) is 27.0. The van der Waals surface area contributed by atoms with Crippen LogP contribution >= 0.6 is 21.6 Å². The summed E-state index contributed by atoms with van der Waals surface area (Å²) in [6.45, 7) is 18.4. The van der Waals surface area contributed by atoms with E-state index >= 15 is 4.39 Å². The number of aryl methyl sites for hydroxylation is 1. The molecule has 2 fully saturated rings. The maximum Gasteiger partial charge on any atom is 0.407 e. The highest BCUT2D eigenvalue weighted by Crippen LogP contribution is 2.57. The van der Waals surface area contributed by atoms with E-state index in [1.807, 2.05) is 44.6 Å². The molecule has 1 saturated heterocycles. The van der Waals surface area contributed by atoms with Crippen LogP contribution in [0.1, 0.15) is 151 Å². The molecule has 16 heteroatoms. The maximum atomic E-state index is 15.4. The van der Waals surface area contributed by atoms with Gasteiger partial charge in [0.1, 0.15) is 30.5 Å². The highest BCUT2D eigenvalue weighted by Gasteiger charge is 2.52. The smallest absolute Gasteiger partial charge is 0.407 e. The van der Waals surface area contributed by atoms with Crippen molar-refractivity contribution in [3.63, 3.8) is 0 Å². The number of halogens is 1. The Morgan fingerprint density at radius 3 is 2.51 bits per heavy atom. The number of aromatic hydroxyl groups is 2. The van der Waals surface area contributed by atoms with Gasteiger partial charge >= 0.3 is 6.09 Å². The van der Waals surface area contributed by atoms with Gasteiger partial charge in [-0.25, -0.2) is 14.2 Å². The van der Waals surface area contributed by atoms with Gasteiger partial charge in [0, 0.05) is 61.1 Å². The predicted octanol–water partition coefficient (Wildman–Crippen LogP) is 10.3. The molecule has 1 saturated carbocycles. The average molecular weight is 1000 g/mol. The van der Waals surface area contributed by atoms with Crippen LogP contribution in [0.2, 0.25) is 0 Å². The number of nitrogens with one attached hydrogen (secondary N) is 1. The maximum absolute atomic E-state index is 15.4. The van der Waals surface area contributed by atoms with E-state index < -0.39 is 12.1 Å². The summed E-state index contributed by atoms with van der Waals surface area (Å²) in [5.41, 5.74) is 10.4. The molecular weight excluding hydrogens is 942 g/mol. The van der Waals surface area contributed by atoms with Crippen molar-refractivity contribution >= 4 is 51.0 Å². The van der Waals surface area contributed by atoms with Gasteiger partial charge in [0.2, 0.25) is 0 Å². The number of fused-ring (bicyclic) bond motifs is 5. The van der Waals surface area contributed by atoms with Crippen molar-refractivity contribution in [2.45, 2.75) is 141 Å². The van der Waals surface area contributed by atoms with Crippen LogP contribution in [0.4, 0.5) is 9.18 Å². The third kappa shape index (κ3) is 9.06. The van der Waals surface area contributed by atoms with Crippen LogP contribution in [0.25, 0.3) is 22.3 Å². The lowest BCUT2D eigenvalue weighted by Crippen LogP contribution is -2.62. The largest absolute Gasteiger partial charge is 0.508 e. The number of rotatable bonds is 15. The minimum Gasteiger partial charge on any atom is -0.508 e. The fourth-order valence-corrected chi connectivity index (χ4v) is 14.8. The summed E-state index contributed by atoms with van der Waals surface area (Å²) >= 11 is 0. The van der Waals surface area contributed by atoms with Crippen LogP contribution in [0, 0.1) is 18.2 Å². The third-order valence-electron chi connectivity index (χ3n) is 15.6. The first-order valence-electron chi connectivity index (χ1n) is 24.8. The van der Waals surface area contributed by atoms with E-state index in [4.69, 9.17) is 14.5 Å². The predicted molar refractivity (Wildman–Crippen MR) is 274 cm³/mol. The second kappa shape index (κ2) is 18.8. The molecule has 0 bridgehead atoms. The molecule has 10 rings (SSSR count). The van der Waals surface area contributed by atoms with Gasteiger partial charge in [-0.05, 0) is 127 Å². The number of hydrogen-bond donors (Lipinski definition) is 3. The summed E-state index contributed by atoms with van der Waals surface area (Å²) in [5.74, 6) is -0.784.